The third-order valence-electron chi connectivity index (χ3n) is 8.78. The van der Waals surface area contributed by atoms with Gasteiger partial charge < -0.3 is 9.80 Å². The molecule has 4 heterocycles. The second-order valence-electron chi connectivity index (χ2n) is 11.2. The Morgan fingerprint density at radius 1 is 1.19 bits per heavy atom. The van der Waals surface area contributed by atoms with Crippen LogP contribution in [0.2, 0.25) is 0 Å². The molecule has 3 aromatic rings. The number of aryl methyl sites for hydroxylation is 2. The van der Waals surface area contributed by atoms with Crippen molar-refractivity contribution in [2.24, 2.45) is 4.99 Å². The number of halogens is 1. The molecule has 1 unspecified atom stereocenters. The number of piperidine rings is 1. The van der Waals surface area contributed by atoms with E-state index in [1.54, 1.807) is 37.6 Å². The Morgan fingerprint density at radius 3 is 2.60 bits per heavy atom. The summed E-state index contributed by atoms with van der Waals surface area (Å²) in [4.78, 5) is 33.1. The van der Waals surface area contributed by atoms with Crippen molar-refractivity contribution in [1.82, 2.24) is 19.8 Å². The highest BCUT2D eigenvalue weighted by atomic mass is 19.1. The summed E-state index contributed by atoms with van der Waals surface area (Å²) in [6.45, 7) is 14.2. The Bertz CT molecular complexity index is 1620. The van der Waals surface area contributed by atoms with Crippen LogP contribution in [0.3, 0.4) is 0 Å². The Kier molecular flexibility index (Phi) is 7.21. The van der Waals surface area contributed by atoms with Gasteiger partial charge in [0.15, 0.2) is 6.17 Å². The molecule has 0 spiro atoms. The van der Waals surface area contributed by atoms with Crippen LogP contribution < -0.4 is 10.4 Å². The molecule has 2 radical (unpaired) electrons. The van der Waals surface area contributed by atoms with Gasteiger partial charge in [-0.05, 0) is 56.4 Å². The molecule has 2 fully saturated rings. The van der Waals surface area contributed by atoms with Crippen LogP contribution in [-0.4, -0.2) is 72.1 Å². The van der Waals surface area contributed by atoms with Gasteiger partial charge in [0, 0.05) is 61.8 Å². The van der Waals surface area contributed by atoms with Gasteiger partial charge in [0.1, 0.15) is 19.5 Å². The maximum Gasteiger partial charge on any atom is 0.249 e. The number of anilines is 2. The molecule has 42 heavy (non-hydrogen) atoms. The Labute approximate surface area is 247 Å². The van der Waals surface area contributed by atoms with Crippen LogP contribution in [-0.2, 0) is 4.79 Å². The second kappa shape index (κ2) is 10.9. The van der Waals surface area contributed by atoms with Crippen molar-refractivity contribution >= 4 is 36.6 Å². The van der Waals surface area contributed by atoms with Crippen molar-refractivity contribution in [2.75, 3.05) is 31.6 Å². The summed E-state index contributed by atoms with van der Waals surface area (Å²) in [7, 11) is 8.13. The summed E-state index contributed by atoms with van der Waals surface area (Å²) in [5.41, 5.74) is 6.72. The molecule has 0 saturated carbocycles. The van der Waals surface area contributed by atoms with Crippen molar-refractivity contribution in [2.45, 2.75) is 45.3 Å². The molecule has 6 rings (SSSR count). The third-order valence-corrected chi connectivity index (χ3v) is 8.78. The van der Waals surface area contributed by atoms with Crippen LogP contribution in [0, 0.1) is 13.8 Å². The molecule has 3 aliphatic rings. The van der Waals surface area contributed by atoms with Crippen LogP contribution in [0.5, 0.6) is 0 Å². The number of benzene rings is 1. The van der Waals surface area contributed by atoms with E-state index in [1.807, 2.05) is 35.8 Å². The average Bonchev–Trinajstić information content (AvgIpc) is 3.47. The standard InChI is InChI=1S/C33H34BFN6O/c1-6-40(30-19(2)10-14-37-21(30)4)32-25(18-24-28(35)23-8-7-9-26(34)27(23)29(24)38-32)31(36-5)39-15-12-22(13-16-39)41-17-11-20(3)33(41)42/h6-10,14,18,22,28H,1,3,11-13,15-17H2,2,4-5H3. The number of likely N-dealkylation sites (tertiary alicyclic amines) is 2. The highest BCUT2D eigenvalue weighted by Crippen LogP contribution is 2.46. The molecular formula is C33H34BFN6O. The van der Waals surface area contributed by atoms with Gasteiger partial charge in [0.25, 0.3) is 0 Å². The first-order chi connectivity index (χ1) is 20.2. The molecule has 9 heteroatoms. The van der Waals surface area contributed by atoms with Crippen molar-refractivity contribution in [3.8, 4) is 11.3 Å². The first kappa shape index (κ1) is 27.9. The van der Waals surface area contributed by atoms with Crippen LogP contribution in [0.15, 0.2) is 66.5 Å². The zero-order chi connectivity index (χ0) is 29.7. The average molecular weight is 560 g/mol. The molecule has 1 amide bonds. The smallest absolute Gasteiger partial charge is 0.249 e. The summed E-state index contributed by atoms with van der Waals surface area (Å²) in [5, 5.41) is 0. The lowest BCUT2D eigenvalue weighted by Crippen LogP contribution is -2.47. The van der Waals surface area contributed by atoms with Gasteiger partial charge in [0.05, 0.1) is 22.6 Å². The monoisotopic (exact) mass is 560 g/mol. The number of pyridine rings is 2. The molecule has 7 nitrogen and oxygen atoms in total. The maximum atomic E-state index is 16.0. The minimum Gasteiger partial charge on any atom is -0.356 e. The van der Waals surface area contributed by atoms with E-state index in [2.05, 4.69) is 23.0 Å². The van der Waals surface area contributed by atoms with Gasteiger partial charge in [-0.3, -0.25) is 19.7 Å². The molecule has 1 aromatic carbocycles. The molecule has 1 atom stereocenters. The summed E-state index contributed by atoms with van der Waals surface area (Å²) >= 11 is 0. The van der Waals surface area contributed by atoms with Crippen LogP contribution in [0.25, 0.3) is 11.3 Å². The first-order valence-electron chi connectivity index (χ1n) is 14.4. The molecule has 2 saturated heterocycles. The number of nitrogens with zero attached hydrogens (tertiary/aromatic N) is 6. The molecule has 0 bridgehead atoms. The first-order valence-corrected chi connectivity index (χ1v) is 14.4. The van der Waals surface area contributed by atoms with E-state index in [9.17, 15) is 4.79 Å². The molecule has 2 aliphatic heterocycles. The van der Waals surface area contributed by atoms with Crippen LogP contribution >= 0.6 is 0 Å². The van der Waals surface area contributed by atoms with E-state index in [-0.39, 0.29) is 11.9 Å². The number of carbonyl (C=O) groups is 1. The quantitative estimate of drug-likeness (QED) is 0.194. The van der Waals surface area contributed by atoms with E-state index >= 15 is 4.39 Å². The van der Waals surface area contributed by atoms with Gasteiger partial charge in [-0.15, -0.1) is 0 Å². The third kappa shape index (κ3) is 4.42. The number of hydrogen-bond acceptors (Lipinski definition) is 5. The number of aliphatic imine (C=N–C) groups is 1. The lowest BCUT2D eigenvalue weighted by molar-refractivity contribution is -0.127. The van der Waals surface area contributed by atoms with Crippen molar-refractivity contribution in [1.29, 1.82) is 0 Å². The fraction of sp³-hybridized carbons (Fsp3) is 0.333. The molecular weight excluding hydrogens is 526 g/mol. The number of alkyl halides is 1. The summed E-state index contributed by atoms with van der Waals surface area (Å²) in [5.74, 6) is 1.37. The predicted octanol–water partition coefficient (Wildman–Crippen LogP) is 4.84. The Morgan fingerprint density at radius 2 is 1.95 bits per heavy atom. The van der Waals surface area contributed by atoms with E-state index in [0.29, 0.717) is 57.9 Å². The van der Waals surface area contributed by atoms with Gasteiger partial charge in [-0.2, -0.15) is 0 Å². The van der Waals surface area contributed by atoms with E-state index in [4.69, 9.17) is 17.8 Å². The van der Waals surface area contributed by atoms with Crippen LogP contribution in [0.1, 0.15) is 53.4 Å². The molecule has 0 N–H and O–H groups in total. The normalized spacial score (nSPS) is 18.9. The molecule has 1 aliphatic carbocycles. The van der Waals surface area contributed by atoms with E-state index < -0.39 is 6.17 Å². The minimum absolute atomic E-state index is 0.0691. The number of fused-ring (bicyclic) bond motifs is 3. The fourth-order valence-corrected chi connectivity index (χ4v) is 6.67. The van der Waals surface area contributed by atoms with Gasteiger partial charge in [0.2, 0.25) is 5.91 Å². The number of aromatic nitrogens is 2. The zero-order valence-corrected chi connectivity index (χ0v) is 24.4. The number of amides is 1. The Hall–Kier alpha value is -4.27. The highest BCUT2D eigenvalue weighted by molar-refractivity contribution is 6.36. The molecule has 2 aromatic heterocycles. The molecule has 212 valence electrons. The van der Waals surface area contributed by atoms with E-state index in [1.165, 1.54) is 0 Å². The van der Waals surface area contributed by atoms with Crippen molar-refractivity contribution < 1.29 is 9.18 Å². The van der Waals surface area contributed by atoms with E-state index in [0.717, 1.165) is 48.6 Å². The Balaban J connectivity index is 1.45. The largest absolute Gasteiger partial charge is 0.356 e. The lowest BCUT2D eigenvalue weighted by Gasteiger charge is -2.38. The number of carbonyl (C=O) groups excluding carboxylic acids is 1. The topological polar surface area (TPSA) is 64.9 Å². The fourth-order valence-electron chi connectivity index (χ4n) is 6.67. The second-order valence-corrected chi connectivity index (χ2v) is 11.2. The number of amidine groups is 1. The van der Waals surface area contributed by atoms with Gasteiger partial charge >= 0.3 is 0 Å². The SMILES string of the molecule is [B]c1cccc2c1-c1nc(N(C=C)c3c(C)ccnc3C)c(C(=NC)N3CCC(N4CCC(=C)C4=O)CC3)cc1C2F. The number of hydrogen-bond donors (Lipinski definition) is 0. The van der Waals surface area contributed by atoms with Gasteiger partial charge in [-0.25, -0.2) is 9.37 Å². The van der Waals surface area contributed by atoms with Crippen molar-refractivity contribution in [3.63, 3.8) is 0 Å². The summed E-state index contributed by atoms with van der Waals surface area (Å²) < 4.78 is 16.0. The number of rotatable bonds is 5. The summed E-state index contributed by atoms with van der Waals surface area (Å²) in [6.07, 6.45) is 4.50. The predicted molar refractivity (Wildman–Crippen MR) is 167 cm³/mol. The van der Waals surface area contributed by atoms with Crippen LogP contribution in [0.4, 0.5) is 15.9 Å². The highest BCUT2D eigenvalue weighted by Gasteiger charge is 2.37. The zero-order valence-electron chi connectivity index (χ0n) is 24.4. The van der Waals surface area contributed by atoms with Crippen molar-refractivity contribution in [3.05, 3.63) is 89.4 Å². The van der Waals surface area contributed by atoms with Gasteiger partial charge in [-0.1, -0.05) is 36.8 Å². The minimum atomic E-state index is -1.35. The maximum absolute atomic E-state index is 16.0. The summed E-state index contributed by atoms with van der Waals surface area (Å²) in [6, 6.07) is 9.32. The lowest BCUT2D eigenvalue weighted by atomic mass is 9.88.